The summed E-state index contributed by atoms with van der Waals surface area (Å²) in [5.41, 5.74) is 3.58. The predicted molar refractivity (Wildman–Crippen MR) is 79.2 cm³/mol. The second-order valence-corrected chi connectivity index (χ2v) is 5.62. The van der Waals surface area contributed by atoms with Gasteiger partial charge in [0.05, 0.1) is 6.04 Å². The summed E-state index contributed by atoms with van der Waals surface area (Å²) in [5.74, 6) is 0.762. The van der Waals surface area contributed by atoms with Crippen LogP contribution in [0.3, 0.4) is 0 Å². The van der Waals surface area contributed by atoms with Gasteiger partial charge in [0, 0.05) is 11.6 Å². The molecule has 2 aliphatic rings. The molecule has 1 nitrogen and oxygen atoms in total. The summed E-state index contributed by atoms with van der Waals surface area (Å²) in [6.07, 6.45) is 5.61. The van der Waals surface area contributed by atoms with E-state index in [4.69, 9.17) is 0 Å². The van der Waals surface area contributed by atoms with Crippen molar-refractivity contribution >= 4 is 5.69 Å². The molecule has 2 heteroatoms. The van der Waals surface area contributed by atoms with Gasteiger partial charge in [-0.1, -0.05) is 42.5 Å². The van der Waals surface area contributed by atoms with Crippen molar-refractivity contribution in [2.45, 2.75) is 18.4 Å². The third-order valence-corrected chi connectivity index (χ3v) is 4.48. The Hall–Kier alpha value is -2.09. The highest BCUT2D eigenvalue weighted by atomic mass is 19.1. The molecule has 0 spiro atoms. The van der Waals surface area contributed by atoms with Gasteiger partial charge in [-0.15, -0.1) is 0 Å². The normalized spacial score (nSPS) is 26.8. The fourth-order valence-corrected chi connectivity index (χ4v) is 3.57. The lowest BCUT2D eigenvalue weighted by molar-refractivity contribution is 0.424. The van der Waals surface area contributed by atoms with Crippen molar-refractivity contribution in [3.05, 3.63) is 77.6 Å². The maximum Gasteiger partial charge on any atom is 0.123 e. The third-order valence-electron chi connectivity index (χ3n) is 4.48. The van der Waals surface area contributed by atoms with Crippen molar-refractivity contribution in [2.24, 2.45) is 5.92 Å². The summed E-state index contributed by atoms with van der Waals surface area (Å²) >= 11 is 0. The molecule has 0 fully saturated rings. The molecule has 0 aromatic heterocycles. The lowest BCUT2D eigenvalue weighted by atomic mass is 9.77. The van der Waals surface area contributed by atoms with E-state index in [2.05, 4.69) is 35.7 Å². The molecular formula is C18H16FN. The minimum absolute atomic E-state index is 0.161. The molecule has 1 heterocycles. The molecule has 0 saturated heterocycles. The zero-order valence-electron chi connectivity index (χ0n) is 11.1. The van der Waals surface area contributed by atoms with E-state index >= 15 is 0 Å². The first-order valence-corrected chi connectivity index (χ1v) is 7.10. The zero-order chi connectivity index (χ0) is 13.5. The number of allylic oxidation sites excluding steroid dienone is 2. The van der Waals surface area contributed by atoms with E-state index in [9.17, 15) is 4.39 Å². The van der Waals surface area contributed by atoms with Crippen LogP contribution in [0.25, 0.3) is 0 Å². The van der Waals surface area contributed by atoms with Gasteiger partial charge >= 0.3 is 0 Å². The van der Waals surface area contributed by atoms with Crippen molar-refractivity contribution < 1.29 is 4.39 Å². The van der Waals surface area contributed by atoms with E-state index in [1.807, 2.05) is 12.1 Å². The quantitative estimate of drug-likeness (QED) is 0.740. The van der Waals surface area contributed by atoms with Gasteiger partial charge in [-0.25, -0.2) is 4.39 Å². The van der Waals surface area contributed by atoms with Crippen molar-refractivity contribution in [3.8, 4) is 0 Å². The molecule has 0 bridgehead atoms. The summed E-state index contributed by atoms with van der Waals surface area (Å²) in [6, 6.07) is 15.6. The molecule has 20 heavy (non-hydrogen) atoms. The monoisotopic (exact) mass is 265 g/mol. The second kappa shape index (κ2) is 4.48. The highest BCUT2D eigenvalue weighted by Gasteiger charge is 2.37. The standard InChI is InChI=1S/C18H16FN/c19-13-6-3-5-12(11-13)18-16-9-4-8-14(16)15-7-1-2-10-17(15)20-18/h1-8,10-11,14,16,18,20H,9H2/t14-,16-,18-/m0/s1. The van der Waals surface area contributed by atoms with E-state index in [0.717, 1.165) is 12.0 Å². The van der Waals surface area contributed by atoms with Crippen molar-refractivity contribution in [1.82, 2.24) is 0 Å². The molecule has 0 unspecified atom stereocenters. The van der Waals surface area contributed by atoms with E-state index in [-0.39, 0.29) is 11.9 Å². The number of anilines is 1. The van der Waals surface area contributed by atoms with Crippen LogP contribution in [0, 0.1) is 11.7 Å². The summed E-state index contributed by atoms with van der Waals surface area (Å²) in [6.45, 7) is 0. The van der Waals surface area contributed by atoms with Gasteiger partial charge in [0.1, 0.15) is 5.82 Å². The van der Waals surface area contributed by atoms with Crippen LogP contribution in [0.2, 0.25) is 0 Å². The molecule has 0 amide bonds. The van der Waals surface area contributed by atoms with Gasteiger partial charge in [0.15, 0.2) is 0 Å². The number of nitrogens with one attached hydrogen (secondary N) is 1. The second-order valence-electron chi connectivity index (χ2n) is 5.62. The topological polar surface area (TPSA) is 12.0 Å². The van der Waals surface area contributed by atoms with Gasteiger partial charge in [-0.05, 0) is 41.7 Å². The smallest absolute Gasteiger partial charge is 0.123 e. The molecule has 2 aromatic rings. The highest BCUT2D eigenvalue weighted by molar-refractivity contribution is 5.59. The maximum absolute atomic E-state index is 13.5. The Kier molecular flexibility index (Phi) is 2.62. The van der Waals surface area contributed by atoms with E-state index in [1.165, 1.54) is 17.3 Å². The molecule has 100 valence electrons. The molecule has 1 N–H and O–H groups in total. The molecule has 1 aliphatic heterocycles. The fraction of sp³-hybridized carbons (Fsp3) is 0.222. The lowest BCUT2D eigenvalue weighted by Crippen LogP contribution is -2.29. The van der Waals surface area contributed by atoms with E-state index in [1.54, 1.807) is 12.1 Å². The average molecular weight is 265 g/mol. The lowest BCUT2D eigenvalue weighted by Gasteiger charge is -2.37. The van der Waals surface area contributed by atoms with Gasteiger partial charge in [-0.2, -0.15) is 0 Å². The van der Waals surface area contributed by atoms with Crippen molar-refractivity contribution in [1.29, 1.82) is 0 Å². The molecule has 0 saturated carbocycles. The molecule has 4 rings (SSSR count). The molecule has 2 aromatic carbocycles. The van der Waals surface area contributed by atoms with Crippen LogP contribution in [0.1, 0.15) is 29.5 Å². The van der Waals surface area contributed by atoms with E-state index < -0.39 is 0 Å². The Labute approximate surface area is 118 Å². The molecule has 0 radical (unpaired) electrons. The number of hydrogen-bond donors (Lipinski definition) is 1. The first-order valence-electron chi connectivity index (χ1n) is 7.10. The van der Waals surface area contributed by atoms with Gasteiger partial charge in [0.2, 0.25) is 0 Å². The highest BCUT2D eigenvalue weighted by Crippen LogP contribution is 2.49. The van der Waals surface area contributed by atoms with E-state index in [0.29, 0.717) is 11.8 Å². The summed E-state index contributed by atoms with van der Waals surface area (Å²) in [4.78, 5) is 0. The Bertz CT molecular complexity index is 677. The number of benzene rings is 2. The molecule has 3 atom stereocenters. The molecular weight excluding hydrogens is 249 g/mol. The number of halogens is 1. The minimum Gasteiger partial charge on any atom is -0.378 e. The van der Waals surface area contributed by atoms with Crippen LogP contribution in [0.4, 0.5) is 10.1 Å². The SMILES string of the molecule is Fc1cccc([C@@H]2Nc3ccccc3[C@@H]3C=CC[C@@H]32)c1. The number of fused-ring (bicyclic) bond motifs is 3. The maximum atomic E-state index is 13.5. The number of para-hydroxylation sites is 1. The first kappa shape index (κ1) is 11.7. The van der Waals surface area contributed by atoms with Gasteiger partial charge in [-0.3, -0.25) is 0 Å². The van der Waals surface area contributed by atoms with Crippen LogP contribution < -0.4 is 5.32 Å². The van der Waals surface area contributed by atoms with Crippen LogP contribution >= 0.6 is 0 Å². The van der Waals surface area contributed by atoms with Gasteiger partial charge < -0.3 is 5.32 Å². The summed E-state index contributed by atoms with van der Waals surface area (Å²) in [5, 5.41) is 3.61. The Morgan fingerprint density at radius 3 is 2.85 bits per heavy atom. The molecule has 1 aliphatic carbocycles. The first-order chi connectivity index (χ1) is 9.83. The Morgan fingerprint density at radius 1 is 1.05 bits per heavy atom. The number of rotatable bonds is 1. The van der Waals surface area contributed by atoms with Crippen LogP contribution in [-0.4, -0.2) is 0 Å². The minimum atomic E-state index is -0.161. The third kappa shape index (κ3) is 1.75. The van der Waals surface area contributed by atoms with Crippen molar-refractivity contribution in [3.63, 3.8) is 0 Å². The van der Waals surface area contributed by atoms with Crippen LogP contribution in [0.15, 0.2) is 60.7 Å². The Morgan fingerprint density at radius 2 is 1.95 bits per heavy atom. The Balaban J connectivity index is 1.80. The summed E-state index contributed by atoms with van der Waals surface area (Å²) < 4.78 is 13.5. The van der Waals surface area contributed by atoms with Gasteiger partial charge in [0.25, 0.3) is 0 Å². The fourth-order valence-electron chi connectivity index (χ4n) is 3.57. The van der Waals surface area contributed by atoms with Crippen LogP contribution in [0.5, 0.6) is 0 Å². The zero-order valence-corrected chi connectivity index (χ0v) is 11.1. The number of hydrogen-bond acceptors (Lipinski definition) is 1. The average Bonchev–Trinajstić information content (AvgIpc) is 2.96. The van der Waals surface area contributed by atoms with Crippen molar-refractivity contribution in [2.75, 3.05) is 5.32 Å². The predicted octanol–water partition coefficient (Wildman–Crippen LogP) is 4.65. The summed E-state index contributed by atoms with van der Waals surface area (Å²) in [7, 11) is 0. The van der Waals surface area contributed by atoms with Crippen LogP contribution in [-0.2, 0) is 0 Å². The largest absolute Gasteiger partial charge is 0.378 e.